The van der Waals surface area contributed by atoms with E-state index < -0.39 is 0 Å². The minimum Gasteiger partial charge on any atom is -0.493 e. The van der Waals surface area contributed by atoms with E-state index >= 15 is 0 Å². The molecule has 0 heterocycles. The minimum absolute atomic E-state index is 0. The molecule has 132 valence electrons. The highest BCUT2D eigenvalue weighted by Crippen LogP contribution is 2.31. The van der Waals surface area contributed by atoms with Crippen LogP contribution in [-0.4, -0.2) is 32.0 Å². The molecule has 2 atom stereocenters. The van der Waals surface area contributed by atoms with Crippen LogP contribution in [0.15, 0.2) is 48.5 Å². The number of hydrogen-bond acceptors (Lipinski definition) is 4. The second kappa shape index (κ2) is 10.2. The van der Waals surface area contributed by atoms with Crippen LogP contribution in [0.3, 0.4) is 0 Å². The molecular weight excluding hydrogens is 326 g/mol. The normalized spacial score (nSPS) is 12.8. The van der Waals surface area contributed by atoms with Crippen LogP contribution in [0.5, 0.6) is 11.5 Å². The molecule has 0 aliphatic carbocycles. The molecule has 0 saturated heterocycles. The van der Waals surface area contributed by atoms with Gasteiger partial charge in [0, 0.05) is 18.5 Å². The Bertz CT molecular complexity index is 607. The van der Waals surface area contributed by atoms with Gasteiger partial charge in [-0.1, -0.05) is 36.4 Å². The number of aliphatic hydroxyl groups excluding tert-OH is 1. The fourth-order valence-electron chi connectivity index (χ4n) is 2.65. The van der Waals surface area contributed by atoms with Gasteiger partial charge in [-0.25, -0.2) is 0 Å². The Morgan fingerprint density at radius 3 is 2.25 bits per heavy atom. The van der Waals surface area contributed by atoms with Gasteiger partial charge < -0.3 is 19.9 Å². The molecule has 2 unspecified atom stereocenters. The number of halogens is 1. The molecule has 4 nitrogen and oxygen atoms in total. The topological polar surface area (TPSA) is 50.7 Å². The molecule has 2 aromatic carbocycles. The molecule has 0 saturated carbocycles. The monoisotopic (exact) mass is 351 g/mol. The summed E-state index contributed by atoms with van der Waals surface area (Å²) in [6.07, 6.45) is 0. The van der Waals surface area contributed by atoms with E-state index in [9.17, 15) is 5.11 Å². The molecule has 0 fully saturated rings. The highest BCUT2D eigenvalue weighted by molar-refractivity contribution is 5.85. The number of rotatable bonds is 8. The highest BCUT2D eigenvalue weighted by atomic mass is 35.5. The van der Waals surface area contributed by atoms with Gasteiger partial charge in [0.1, 0.15) is 0 Å². The van der Waals surface area contributed by atoms with Gasteiger partial charge in [0.25, 0.3) is 0 Å². The number of ether oxygens (including phenoxy) is 2. The van der Waals surface area contributed by atoms with Crippen molar-refractivity contribution in [3.63, 3.8) is 0 Å². The predicted octanol–water partition coefficient (Wildman–Crippen LogP) is 3.38. The summed E-state index contributed by atoms with van der Waals surface area (Å²) < 4.78 is 10.6. The molecule has 0 spiro atoms. The predicted molar refractivity (Wildman–Crippen MR) is 99.4 cm³/mol. The van der Waals surface area contributed by atoms with Crippen molar-refractivity contribution in [1.82, 2.24) is 5.32 Å². The Kier molecular flexibility index (Phi) is 8.61. The molecule has 2 aromatic rings. The molecule has 0 radical (unpaired) electrons. The summed E-state index contributed by atoms with van der Waals surface area (Å²) >= 11 is 0. The largest absolute Gasteiger partial charge is 0.493 e. The van der Waals surface area contributed by atoms with Crippen LogP contribution < -0.4 is 14.8 Å². The van der Waals surface area contributed by atoms with Gasteiger partial charge in [-0.3, -0.25) is 0 Å². The first-order valence-corrected chi connectivity index (χ1v) is 7.79. The molecule has 0 bridgehead atoms. The van der Waals surface area contributed by atoms with E-state index in [1.807, 2.05) is 36.4 Å². The smallest absolute Gasteiger partial charge is 0.160 e. The van der Waals surface area contributed by atoms with E-state index in [2.05, 4.69) is 24.4 Å². The van der Waals surface area contributed by atoms with Gasteiger partial charge in [-0.2, -0.15) is 0 Å². The van der Waals surface area contributed by atoms with Gasteiger partial charge in [0.2, 0.25) is 0 Å². The zero-order valence-electron chi connectivity index (χ0n) is 14.4. The number of methoxy groups -OCH3 is 2. The Balaban J connectivity index is 0.00000288. The third-order valence-corrected chi connectivity index (χ3v) is 4.11. The molecule has 24 heavy (non-hydrogen) atoms. The summed E-state index contributed by atoms with van der Waals surface area (Å²) in [4.78, 5) is 0. The van der Waals surface area contributed by atoms with E-state index in [4.69, 9.17) is 9.47 Å². The highest BCUT2D eigenvalue weighted by Gasteiger charge is 2.20. The van der Waals surface area contributed by atoms with E-state index in [0.29, 0.717) is 11.5 Å². The third kappa shape index (κ3) is 5.13. The van der Waals surface area contributed by atoms with Crippen molar-refractivity contribution in [3.05, 3.63) is 59.7 Å². The molecule has 2 N–H and O–H groups in total. The average molecular weight is 352 g/mol. The van der Waals surface area contributed by atoms with Crippen molar-refractivity contribution in [2.45, 2.75) is 25.4 Å². The molecule has 0 aliphatic rings. The number of benzene rings is 2. The summed E-state index contributed by atoms with van der Waals surface area (Å²) in [6.45, 7) is 2.92. The van der Waals surface area contributed by atoms with Gasteiger partial charge >= 0.3 is 0 Å². The van der Waals surface area contributed by atoms with Crippen molar-refractivity contribution < 1.29 is 14.6 Å². The van der Waals surface area contributed by atoms with Crippen molar-refractivity contribution >= 4 is 12.4 Å². The van der Waals surface area contributed by atoms with Gasteiger partial charge in [-0.05, 0) is 30.2 Å². The quantitative estimate of drug-likeness (QED) is 0.765. The van der Waals surface area contributed by atoms with E-state index in [1.54, 1.807) is 14.2 Å². The van der Waals surface area contributed by atoms with Crippen LogP contribution in [0, 0.1) is 0 Å². The molecule has 0 aromatic heterocycles. The number of hydrogen-bond donors (Lipinski definition) is 2. The third-order valence-electron chi connectivity index (χ3n) is 4.11. The Morgan fingerprint density at radius 2 is 1.67 bits per heavy atom. The summed E-state index contributed by atoms with van der Waals surface area (Å²) in [5.74, 6) is 1.36. The van der Waals surface area contributed by atoms with Crippen LogP contribution in [0.4, 0.5) is 0 Å². The lowest BCUT2D eigenvalue weighted by Crippen LogP contribution is -2.33. The second-order valence-electron chi connectivity index (χ2n) is 5.56. The van der Waals surface area contributed by atoms with E-state index in [-0.39, 0.29) is 31.0 Å². The van der Waals surface area contributed by atoms with Gasteiger partial charge in [-0.15, -0.1) is 12.4 Å². The first-order chi connectivity index (χ1) is 11.2. The number of aliphatic hydroxyl groups is 1. The summed E-state index contributed by atoms with van der Waals surface area (Å²) in [5, 5.41) is 13.3. The summed E-state index contributed by atoms with van der Waals surface area (Å²) in [6, 6.07) is 16.1. The standard InChI is InChI=1S/C19H25NO3.ClH/c1-14(20-12-15-7-5-4-6-8-15)17(13-21)16-9-10-18(22-2)19(11-16)23-3;/h4-11,14,17,20-21H,12-13H2,1-3H3;1H. The maximum atomic E-state index is 9.83. The van der Waals surface area contributed by atoms with Crippen LogP contribution in [0.2, 0.25) is 0 Å². The SMILES string of the molecule is COc1ccc(C(CO)C(C)NCc2ccccc2)cc1OC.Cl. The Hall–Kier alpha value is -1.75. The lowest BCUT2D eigenvalue weighted by Gasteiger charge is -2.24. The van der Waals surface area contributed by atoms with Crippen LogP contribution >= 0.6 is 12.4 Å². The zero-order chi connectivity index (χ0) is 16.7. The van der Waals surface area contributed by atoms with Crippen LogP contribution in [0.1, 0.15) is 24.0 Å². The van der Waals surface area contributed by atoms with Crippen molar-refractivity contribution in [2.75, 3.05) is 20.8 Å². The minimum atomic E-state index is -0.0153. The zero-order valence-corrected chi connectivity index (χ0v) is 15.2. The molecular formula is C19H26ClNO3. The fourth-order valence-corrected chi connectivity index (χ4v) is 2.65. The molecule has 5 heteroatoms. The van der Waals surface area contributed by atoms with Gasteiger partial charge in [0.05, 0.1) is 20.8 Å². The lowest BCUT2D eigenvalue weighted by atomic mass is 9.92. The van der Waals surface area contributed by atoms with Crippen molar-refractivity contribution in [3.8, 4) is 11.5 Å². The Morgan fingerprint density at radius 1 is 1.00 bits per heavy atom. The number of nitrogens with one attached hydrogen (secondary N) is 1. The first-order valence-electron chi connectivity index (χ1n) is 7.79. The second-order valence-corrected chi connectivity index (χ2v) is 5.56. The summed E-state index contributed by atoms with van der Waals surface area (Å²) in [7, 11) is 3.23. The van der Waals surface area contributed by atoms with Gasteiger partial charge in [0.15, 0.2) is 11.5 Å². The van der Waals surface area contributed by atoms with Crippen LogP contribution in [-0.2, 0) is 6.54 Å². The molecule has 0 amide bonds. The van der Waals surface area contributed by atoms with Crippen molar-refractivity contribution in [1.29, 1.82) is 0 Å². The van der Waals surface area contributed by atoms with E-state index in [0.717, 1.165) is 12.1 Å². The van der Waals surface area contributed by atoms with Crippen LogP contribution in [0.25, 0.3) is 0 Å². The first kappa shape index (κ1) is 20.3. The molecule has 0 aliphatic heterocycles. The Labute approximate surface area is 150 Å². The lowest BCUT2D eigenvalue weighted by molar-refractivity contribution is 0.239. The molecule has 2 rings (SSSR count). The van der Waals surface area contributed by atoms with Crippen molar-refractivity contribution in [2.24, 2.45) is 0 Å². The maximum Gasteiger partial charge on any atom is 0.160 e. The summed E-state index contributed by atoms with van der Waals surface area (Å²) in [5.41, 5.74) is 2.25. The maximum absolute atomic E-state index is 9.83. The fraction of sp³-hybridized carbons (Fsp3) is 0.368. The van der Waals surface area contributed by atoms with E-state index in [1.165, 1.54) is 5.56 Å². The average Bonchev–Trinajstić information content (AvgIpc) is 2.61.